The molecule has 0 atom stereocenters. The molecule has 1 aromatic carbocycles. The number of thioether (sulfide) groups is 1. The van der Waals surface area contributed by atoms with Gasteiger partial charge in [0.2, 0.25) is 0 Å². The van der Waals surface area contributed by atoms with E-state index < -0.39 is 5.97 Å². The maximum Gasteiger partial charge on any atom is 0.313 e. The van der Waals surface area contributed by atoms with Crippen molar-refractivity contribution in [2.75, 3.05) is 5.75 Å². The minimum absolute atomic E-state index is 0.00177. The van der Waals surface area contributed by atoms with Gasteiger partial charge >= 0.3 is 5.97 Å². The highest BCUT2D eigenvalue weighted by atomic mass is 79.9. The molecule has 94 valence electrons. The van der Waals surface area contributed by atoms with E-state index in [-0.39, 0.29) is 5.75 Å². The Hall–Kier alpha value is -1.14. The van der Waals surface area contributed by atoms with Crippen molar-refractivity contribution in [3.8, 4) is 0 Å². The van der Waals surface area contributed by atoms with Crippen LogP contribution in [0.25, 0.3) is 10.9 Å². The van der Waals surface area contributed by atoms with Crippen LogP contribution in [-0.4, -0.2) is 26.8 Å². The normalized spacial score (nSPS) is 10.8. The average molecular weight is 327 g/mol. The van der Waals surface area contributed by atoms with Crippen molar-refractivity contribution in [1.82, 2.24) is 9.97 Å². The van der Waals surface area contributed by atoms with Crippen LogP contribution in [0.1, 0.15) is 12.7 Å². The lowest BCUT2D eigenvalue weighted by atomic mass is 10.2. The Kier molecular flexibility index (Phi) is 4.19. The molecule has 0 aliphatic heterocycles. The molecule has 0 amide bonds. The third-order valence-electron chi connectivity index (χ3n) is 2.32. The maximum absolute atomic E-state index is 10.7. The number of hydrogen-bond donors (Lipinski definition) is 1. The number of hydrogen-bond acceptors (Lipinski definition) is 4. The number of aliphatic carboxylic acids is 1. The number of nitrogens with zero attached hydrogens (tertiary/aromatic N) is 2. The van der Waals surface area contributed by atoms with E-state index in [4.69, 9.17) is 5.11 Å². The lowest BCUT2D eigenvalue weighted by molar-refractivity contribution is -0.133. The van der Waals surface area contributed by atoms with Crippen LogP contribution in [0, 0.1) is 0 Å². The molecule has 1 aromatic heterocycles. The van der Waals surface area contributed by atoms with Crippen LogP contribution in [0.5, 0.6) is 0 Å². The summed E-state index contributed by atoms with van der Waals surface area (Å²) < 4.78 is 0.931. The average Bonchev–Trinajstić information content (AvgIpc) is 2.35. The molecule has 18 heavy (non-hydrogen) atoms. The number of aromatic nitrogens is 2. The first-order chi connectivity index (χ1) is 8.60. The van der Waals surface area contributed by atoms with E-state index in [0.717, 1.165) is 32.6 Å². The topological polar surface area (TPSA) is 63.1 Å². The van der Waals surface area contributed by atoms with Crippen molar-refractivity contribution >= 4 is 44.6 Å². The molecule has 0 radical (unpaired) electrons. The summed E-state index contributed by atoms with van der Waals surface area (Å²) in [5.41, 5.74) is 0.845. The van der Waals surface area contributed by atoms with Crippen LogP contribution in [0.15, 0.2) is 27.7 Å². The summed E-state index contributed by atoms with van der Waals surface area (Å²) >= 11 is 4.63. The van der Waals surface area contributed by atoms with Gasteiger partial charge in [-0.05, 0) is 18.2 Å². The summed E-state index contributed by atoms with van der Waals surface area (Å²) in [6.07, 6.45) is 0.729. The number of aryl methyl sites for hydroxylation is 1. The fourth-order valence-corrected chi connectivity index (χ4v) is 2.63. The molecule has 1 heterocycles. The van der Waals surface area contributed by atoms with Crippen molar-refractivity contribution in [2.24, 2.45) is 0 Å². The molecule has 0 bridgehead atoms. The van der Waals surface area contributed by atoms with Crippen LogP contribution in [0.3, 0.4) is 0 Å². The van der Waals surface area contributed by atoms with Gasteiger partial charge in [-0.25, -0.2) is 9.97 Å². The lowest BCUT2D eigenvalue weighted by Gasteiger charge is -2.06. The van der Waals surface area contributed by atoms with Gasteiger partial charge in [0.1, 0.15) is 10.9 Å². The number of carboxylic acids is 1. The predicted octanol–water partition coefficient (Wildman–Crippen LogP) is 3.13. The molecule has 0 aliphatic carbocycles. The molecule has 1 N–H and O–H groups in total. The first kappa shape index (κ1) is 13.3. The zero-order valence-corrected chi connectivity index (χ0v) is 12.1. The molecule has 0 aliphatic rings. The Balaban J connectivity index is 2.52. The van der Waals surface area contributed by atoms with Crippen LogP contribution in [0.2, 0.25) is 0 Å². The number of benzene rings is 1. The fraction of sp³-hybridized carbons (Fsp3) is 0.250. The van der Waals surface area contributed by atoms with Crippen LogP contribution >= 0.6 is 27.7 Å². The molecule has 0 saturated heterocycles. The number of halogens is 1. The van der Waals surface area contributed by atoms with Crippen molar-refractivity contribution in [2.45, 2.75) is 18.4 Å². The van der Waals surface area contributed by atoms with Gasteiger partial charge in [-0.2, -0.15) is 0 Å². The Labute approximate surface area is 117 Å². The molecule has 2 aromatic rings. The smallest absolute Gasteiger partial charge is 0.313 e. The third kappa shape index (κ3) is 3.00. The zero-order valence-electron chi connectivity index (χ0n) is 9.68. The summed E-state index contributed by atoms with van der Waals surface area (Å²) in [6.45, 7) is 1.98. The summed E-state index contributed by atoms with van der Waals surface area (Å²) in [4.78, 5) is 19.5. The summed E-state index contributed by atoms with van der Waals surface area (Å²) in [5.74, 6) is -0.112. The molecule has 0 spiro atoms. The second-order valence-corrected chi connectivity index (χ2v) is 5.52. The van der Waals surface area contributed by atoms with Crippen molar-refractivity contribution < 1.29 is 9.90 Å². The van der Waals surface area contributed by atoms with Gasteiger partial charge in [-0.3, -0.25) is 4.79 Å². The molecular weight excluding hydrogens is 316 g/mol. The number of fused-ring (bicyclic) bond motifs is 1. The number of carboxylic acid groups (broad SMARTS) is 1. The standard InChI is InChI=1S/C12H11BrN2O2S/c1-2-10-14-9-4-3-7(13)5-8(9)12(15-10)18-6-11(16)17/h3-5H,2,6H2,1H3,(H,16,17). The summed E-state index contributed by atoms with van der Waals surface area (Å²) in [5, 5.41) is 10.4. The maximum atomic E-state index is 10.7. The molecule has 6 heteroatoms. The second-order valence-electron chi connectivity index (χ2n) is 3.64. The number of rotatable bonds is 4. The highest BCUT2D eigenvalue weighted by Crippen LogP contribution is 2.27. The molecule has 0 fully saturated rings. The third-order valence-corrected chi connectivity index (χ3v) is 3.79. The van der Waals surface area contributed by atoms with Crippen LogP contribution in [-0.2, 0) is 11.2 Å². The van der Waals surface area contributed by atoms with Gasteiger partial charge in [0, 0.05) is 16.3 Å². The van der Waals surface area contributed by atoms with Gasteiger partial charge in [0.15, 0.2) is 0 Å². The summed E-state index contributed by atoms with van der Waals surface area (Å²) in [6, 6.07) is 5.74. The van der Waals surface area contributed by atoms with E-state index in [1.807, 2.05) is 25.1 Å². The number of carbonyl (C=O) groups is 1. The van der Waals surface area contributed by atoms with Crippen molar-refractivity contribution in [3.05, 3.63) is 28.5 Å². The molecule has 2 rings (SSSR count). The van der Waals surface area contributed by atoms with Gasteiger partial charge in [-0.15, -0.1) is 0 Å². The monoisotopic (exact) mass is 326 g/mol. The van der Waals surface area contributed by atoms with Crippen molar-refractivity contribution in [1.29, 1.82) is 0 Å². The van der Waals surface area contributed by atoms with Crippen LogP contribution < -0.4 is 0 Å². The Bertz CT molecular complexity index is 604. The van der Waals surface area contributed by atoms with Gasteiger partial charge in [0.05, 0.1) is 11.3 Å². The van der Waals surface area contributed by atoms with E-state index in [1.165, 1.54) is 11.8 Å². The minimum Gasteiger partial charge on any atom is -0.481 e. The SMILES string of the molecule is CCc1nc(SCC(=O)O)c2cc(Br)ccc2n1. The molecule has 4 nitrogen and oxygen atoms in total. The Morgan fingerprint density at radius 2 is 2.22 bits per heavy atom. The van der Waals surface area contributed by atoms with Crippen LogP contribution in [0.4, 0.5) is 0 Å². The first-order valence-electron chi connectivity index (χ1n) is 5.41. The van der Waals surface area contributed by atoms with E-state index in [9.17, 15) is 4.79 Å². The largest absolute Gasteiger partial charge is 0.481 e. The Morgan fingerprint density at radius 3 is 2.89 bits per heavy atom. The quantitative estimate of drug-likeness (QED) is 0.690. The van der Waals surface area contributed by atoms with E-state index in [2.05, 4.69) is 25.9 Å². The lowest BCUT2D eigenvalue weighted by Crippen LogP contribution is -2.01. The van der Waals surface area contributed by atoms with Gasteiger partial charge in [0.25, 0.3) is 0 Å². The Morgan fingerprint density at radius 1 is 1.44 bits per heavy atom. The van der Waals surface area contributed by atoms with E-state index in [1.54, 1.807) is 0 Å². The highest BCUT2D eigenvalue weighted by Gasteiger charge is 2.09. The van der Waals surface area contributed by atoms with E-state index >= 15 is 0 Å². The molecule has 0 saturated carbocycles. The summed E-state index contributed by atoms with van der Waals surface area (Å²) in [7, 11) is 0. The zero-order chi connectivity index (χ0) is 13.1. The molecule has 0 unspecified atom stereocenters. The van der Waals surface area contributed by atoms with E-state index in [0.29, 0.717) is 0 Å². The van der Waals surface area contributed by atoms with Gasteiger partial charge in [-0.1, -0.05) is 34.6 Å². The first-order valence-corrected chi connectivity index (χ1v) is 7.18. The highest BCUT2D eigenvalue weighted by molar-refractivity contribution is 9.10. The second kappa shape index (κ2) is 5.67. The predicted molar refractivity (Wildman–Crippen MR) is 75.0 cm³/mol. The van der Waals surface area contributed by atoms with Crippen molar-refractivity contribution in [3.63, 3.8) is 0 Å². The fourth-order valence-electron chi connectivity index (χ4n) is 1.52. The van der Waals surface area contributed by atoms with Gasteiger partial charge < -0.3 is 5.11 Å². The molecular formula is C12H11BrN2O2S. The minimum atomic E-state index is -0.847.